The van der Waals surface area contributed by atoms with Gasteiger partial charge in [-0.15, -0.1) is 5.10 Å². The van der Waals surface area contributed by atoms with Crippen molar-refractivity contribution in [3.05, 3.63) is 51.8 Å². The fraction of sp³-hybridized carbons (Fsp3) is 0.0909. The molecule has 2 aromatic rings. The molecule has 0 aliphatic rings. The third-order valence-electron chi connectivity index (χ3n) is 2.05. The van der Waals surface area contributed by atoms with E-state index in [0.29, 0.717) is 17.1 Å². The second-order valence-electron chi connectivity index (χ2n) is 3.32. The lowest BCUT2D eigenvalue weighted by Gasteiger charge is -2.02. The third-order valence-corrected chi connectivity index (χ3v) is 2.72. The van der Waals surface area contributed by atoms with Crippen LogP contribution in [0.1, 0.15) is 11.3 Å². The summed E-state index contributed by atoms with van der Waals surface area (Å²) in [5.74, 6) is 0.227. The van der Waals surface area contributed by atoms with E-state index >= 15 is 0 Å². The molecule has 0 saturated carbocycles. The van der Waals surface area contributed by atoms with Crippen LogP contribution in [0.25, 0.3) is 0 Å². The van der Waals surface area contributed by atoms with Crippen molar-refractivity contribution in [2.45, 2.75) is 6.42 Å². The van der Waals surface area contributed by atoms with Crippen molar-refractivity contribution >= 4 is 23.2 Å². The summed E-state index contributed by atoms with van der Waals surface area (Å²) in [5, 5.41) is 17.5. The molecule has 82 valence electrons. The van der Waals surface area contributed by atoms with Gasteiger partial charge in [-0.05, 0) is 23.8 Å². The summed E-state index contributed by atoms with van der Waals surface area (Å²) in [7, 11) is 0. The smallest absolute Gasteiger partial charge is 0.170 e. The number of phenolic OH excluding ortho intramolecular Hbond substituents is 1. The molecule has 3 nitrogen and oxygen atoms in total. The molecule has 0 fully saturated rings. The van der Waals surface area contributed by atoms with Gasteiger partial charge >= 0.3 is 0 Å². The zero-order valence-corrected chi connectivity index (χ0v) is 9.70. The maximum absolute atomic E-state index is 9.31. The van der Waals surface area contributed by atoms with E-state index in [1.807, 2.05) is 6.07 Å². The van der Waals surface area contributed by atoms with Crippen molar-refractivity contribution in [2.24, 2.45) is 0 Å². The lowest BCUT2D eigenvalue weighted by atomic mass is 10.1. The Kier molecular flexibility index (Phi) is 3.27. The van der Waals surface area contributed by atoms with Crippen LogP contribution in [-0.2, 0) is 6.42 Å². The van der Waals surface area contributed by atoms with Gasteiger partial charge in [0.1, 0.15) is 5.75 Å². The fourth-order valence-electron chi connectivity index (χ4n) is 1.35. The van der Waals surface area contributed by atoms with Gasteiger partial charge < -0.3 is 5.11 Å². The molecule has 2 rings (SSSR count). The van der Waals surface area contributed by atoms with Crippen LogP contribution in [0.2, 0.25) is 10.2 Å². The van der Waals surface area contributed by atoms with E-state index < -0.39 is 0 Å². The van der Waals surface area contributed by atoms with Crippen LogP contribution in [0.5, 0.6) is 5.75 Å². The monoisotopic (exact) mass is 254 g/mol. The van der Waals surface area contributed by atoms with Crippen molar-refractivity contribution in [1.29, 1.82) is 0 Å². The highest BCUT2D eigenvalue weighted by molar-refractivity contribution is 6.41. The SMILES string of the molecule is Oc1cccc(Cc2cc(Cl)c(Cl)nn2)c1. The van der Waals surface area contributed by atoms with Crippen LogP contribution in [-0.4, -0.2) is 15.3 Å². The number of nitrogens with zero attached hydrogens (tertiary/aromatic N) is 2. The molecule has 0 spiro atoms. The lowest BCUT2D eigenvalue weighted by molar-refractivity contribution is 0.474. The van der Waals surface area contributed by atoms with E-state index in [9.17, 15) is 5.11 Å². The molecule has 0 radical (unpaired) electrons. The normalized spacial score (nSPS) is 10.4. The second kappa shape index (κ2) is 4.68. The molecule has 0 aliphatic heterocycles. The fourth-order valence-corrected chi connectivity index (χ4v) is 1.61. The minimum atomic E-state index is 0.196. The molecule has 0 amide bonds. The second-order valence-corrected chi connectivity index (χ2v) is 4.09. The lowest BCUT2D eigenvalue weighted by Crippen LogP contribution is -1.95. The van der Waals surface area contributed by atoms with Crippen LogP contribution in [0.15, 0.2) is 30.3 Å². The zero-order chi connectivity index (χ0) is 11.5. The highest BCUT2D eigenvalue weighted by atomic mass is 35.5. The molecule has 16 heavy (non-hydrogen) atoms. The summed E-state index contributed by atoms with van der Waals surface area (Å²) >= 11 is 11.5. The number of halogens is 2. The van der Waals surface area contributed by atoms with Gasteiger partial charge in [-0.25, -0.2) is 0 Å². The van der Waals surface area contributed by atoms with E-state index in [0.717, 1.165) is 5.56 Å². The maximum atomic E-state index is 9.31. The predicted molar refractivity (Wildman–Crippen MR) is 63.0 cm³/mol. The third kappa shape index (κ3) is 2.62. The van der Waals surface area contributed by atoms with Crippen molar-refractivity contribution in [2.75, 3.05) is 0 Å². The number of phenols is 1. The average Bonchev–Trinajstić information content (AvgIpc) is 2.24. The Bertz CT molecular complexity index is 517. The summed E-state index contributed by atoms with van der Waals surface area (Å²) < 4.78 is 0. The first kappa shape index (κ1) is 11.2. The van der Waals surface area contributed by atoms with E-state index in [2.05, 4.69) is 10.2 Å². The molecule has 1 aromatic heterocycles. The zero-order valence-electron chi connectivity index (χ0n) is 8.19. The first-order valence-electron chi connectivity index (χ1n) is 4.60. The Morgan fingerprint density at radius 1 is 1.12 bits per heavy atom. The summed E-state index contributed by atoms with van der Waals surface area (Å²) in [5.41, 5.74) is 1.65. The van der Waals surface area contributed by atoms with Gasteiger partial charge in [0.25, 0.3) is 0 Å². The standard InChI is InChI=1S/C11H8Cl2N2O/c12-10-6-8(14-15-11(10)13)4-7-2-1-3-9(16)5-7/h1-3,5-6,16H,4H2. The number of hydrogen-bond donors (Lipinski definition) is 1. The van der Waals surface area contributed by atoms with Gasteiger partial charge in [0, 0.05) is 6.42 Å². The summed E-state index contributed by atoms with van der Waals surface area (Å²) in [4.78, 5) is 0. The van der Waals surface area contributed by atoms with E-state index in [-0.39, 0.29) is 10.9 Å². The van der Waals surface area contributed by atoms with Gasteiger partial charge in [-0.3, -0.25) is 0 Å². The molecule has 1 N–H and O–H groups in total. The predicted octanol–water partition coefficient (Wildman–Crippen LogP) is 3.08. The summed E-state index contributed by atoms with van der Waals surface area (Å²) in [6.07, 6.45) is 0.554. The number of aromatic nitrogens is 2. The van der Waals surface area contributed by atoms with E-state index in [1.54, 1.807) is 24.3 Å². The molecule has 1 aromatic carbocycles. The first-order valence-corrected chi connectivity index (χ1v) is 5.36. The number of rotatable bonds is 2. The maximum Gasteiger partial charge on any atom is 0.170 e. The molecule has 5 heteroatoms. The van der Waals surface area contributed by atoms with E-state index in [4.69, 9.17) is 23.2 Å². The molecule has 0 bridgehead atoms. The topological polar surface area (TPSA) is 46.0 Å². The minimum Gasteiger partial charge on any atom is -0.508 e. The van der Waals surface area contributed by atoms with Crippen molar-refractivity contribution < 1.29 is 5.11 Å². The van der Waals surface area contributed by atoms with Gasteiger partial charge in [-0.1, -0.05) is 35.3 Å². The van der Waals surface area contributed by atoms with Gasteiger partial charge in [0.15, 0.2) is 5.15 Å². The first-order chi connectivity index (χ1) is 7.65. The largest absolute Gasteiger partial charge is 0.508 e. The highest BCUT2D eigenvalue weighted by Crippen LogP contribution is 2.20. The van der Waals surface area contributed by atoms with Crippen LogP contribution >= 0.6 is 23.2 Å². The molecular formula is C11H8Cl2N2O. The van der Waals surface area contributed by atoms with E-state index in [1.165, 1.54) is 0 Å². The van der Waals surface area contributed by atoms with Gasteiger partial charge in [-0.2, -0.15) is 5.10 Å². The van der Waals surface area contributed by atoms with Gasteiger partial charge in [0.2, 0.25) is 0 Å². The Labute approximate surface area is 103 Å². The minimum absolute atomic E-state index is 0.196. The highest BCUT2D eigenvalue weighted by Gasteiger charge is 2.04. The average molecular weight is 255 g/mol. The Morgan fingerprint density at radius 3 is 2.62 bits per heavy atom. The molecule has 0 atom stereocenters. The van der Waals surface area contributed by atoms with Crippen LogP contribution in [0.4, 0.5) is 0 Å². The Balaban J connectivity index is 2.24. The molecule has 1 heterocycles. The Morgan fingerprint density at radius 2 is 1.94 bits per heavy atom. The number of aromatic hydroxyl groups is 1. The number of hydrogen-bond acceptors (Lipinski definition) is 3. The molecule has 0 unspecified atom stereocenters. The van der Waals surface area contributed by atoms with Crippen molar-refractivity contribution in [3.8, 4) is 5.75 Å². The van der Waals surface area contributed by atoms with Crippen LogP contribution < -0.4 is 0 Å². The molecular weight excluding hydrogens is 247 g/mol. The summed E-state index contributed by atoms with van der Waals surface area (Å²) in [6.45, 7) is 0. The Hall–Kier alpha value is -1.32. The molecule has 0 aliphatic carbocycles. The van der Waals surface area contributed by atoms with Crippen molar-refractivity contribution in [3.63, 3.8) is 0 Å². The van der Waals surface area contributed by atoms with Crippen LogP contribution in [0, 0.1) is 0 Å². The van der Waals surface area contributed by atoms with Crippen LogP contribution in [0.3, 0.4) is 0 Å². The van der Waals surface area contributed by atoms with Gasteiger partial charge in [0.05, 0.1) is 10.7 Å². The number of benzene rings is 1. The molecule has 0 saturated heterocycles. The van der Waals surface area contributed by atoms with Crippen molar-refractivity contribution in [1.82, 2.24) is 10.2 Å². The summed E-state index contributed by atoms with van der Waals surface area (Å²) in [6, 6.07) is 8.62. The quantitative estimate of drug-likeness (QED) is 0.896.